The van der Waals surface area contributed by atoms with Gasteiger partial charge < -0.3 is 9.47 Å². The summed E-state index contributed by atoms with van der Waals surface area (Å²) in [4.78, 5) is 14.9. The van der Waals surface area contributed by atoms with Crippen LogP contribution in [-0.4, -0.2) is 27.0 Å². The average molecular weight is 386 g/mol. The first-order valence-corrected chi connectivity index (χ1v) is 7.64. The Morgan fingerprint density at radius 1 is 0.750 bits per heavy atom. The van der Waals surface area contributed by atoms with Crippen LogP contribution in [0.4, 0.5) is 0 Å². The Hall–Kier alpha value is -2.15. The van der Waals surface area contributed by atoms with Gasteiger partial charge in [-0.15, -0.1) is 0 Å². The number of benzene rings is 1. The zero-order valence-corrected chi connectivity index (χ0v) is 14.6. The van der Waals surface area contributed by atoms with Gasteiger partial charge in [0, 0.05) is 18.5 Å². The van der Waals surface area contributed by atoms with Crippen LogP contribution < -0.4 is 9.47 Å². The van der Waals surface area contributed by atoms with E-state index in [2.05, 4.69) is 19.9 Å². The van der Waals surface area contributed by atoms with E-state index in [0.717, 1.165) is 5.75 Å². The molecule has 0 aliphatic rings. The Bertz CT molecular complexity index is 770. The summed E-state index contributed by atoms with van der Waals surface area (Å²) in [7, 11) is 1.61. The van der Waals surface area contributed by atoms with Gasteiger partial charge in [0.25, 0.3) is 0 Å². The molecule has 24 heavy (non-hydrogen) atoms. The zero-order valence-electron chi connectivity index (χ0n) is 12.4. The van der Waals surface area contributed by atoms with Gasteiger partial charge in [0.15, 0.2) is 0 Å². The van der Waals surface area contributed by atoms with Gasteiger partial charge >= 0.3 is 0 Å². The third kappa shape index (κ3) is 6.16. The Balaban J connectivity index is 0.000000219. The summed E-state index contributed by atoms with van der Waals surface area (Å²) in [5.74, 6) is 1.84. The van der Waals surface area contributed by atoms with E-state index in [1.54, 1.807) is 43.5 Å². The first kappa shape index (κ1) is 18.2. The average Bonchev–Trinajstić information content (AvgIpc) is 2.56. The number of hydrogen-bond acceptors (Lipinski definition) is 6. The van der Waals surface area contributed by atoms with Gasteiger partial charge in [0.1, 0.15) is 16.7 Å². The minimum Gasteiger partial charge on any atom is -0.497 e. The van der Waals surface area contributed by atoms with Gasteiger partial charge in [-0.25, -0.2) is 15.0 Å². The number of halogens is 3. The quantitative estimate of drug-likeness (QED) is 0.480. The lowest BCUT2D eigenvalue weighted by Gasteiger charge is -2.05. The minimum absolute atomic E-state index is 0.158. The molecule has 3 rings (SSSR count). The molecular weight excluding hydrogens is 375 g/mol. The highest BCUT2D eigenvalue weighted by Crippen LogP contribution is 2.22. The van der Waals surface area contributed by atoms with E-state index in [0.29, 0.717) is 16.8 Å². The van der Waals surface area contributed by atoms with Crippen molar-refractivity contribution < 1.29 is 9.47 Å². The number of aromatic nitrogens is 4. The van der Waals surface area contributed by atoms with Crippen molar-refractivity contribution in [3.05, 3.63) is 64.5 Å². The second kappa shape index (κ2) is 9.22. The predicted octanol–water partition coefficient (Wildman–Crippen LogP) is 4.71. The van der Waals surface area contributed by atoms with Crippen molar-refractivity contribution in [2.24, 2.45) is 0 Å². The maximum atomic E-state index is 5.64. The molecule has 0 unspecified atom stereocenters. The van der Waals surface area contributed by atoms with Gasteiger partial charge in [0.2, 0.25) is 16.4 Å². The van der Waals surface area contributed by atoms with E-state index < -0.39 is 0 Å². The number of ether oxygens (including phenoxy) is 2. The second-order valence-electron chi connectivity index (χ2n) is 4.09. The fourth-order valence-electron chi connectivity index (χ4n) is 1.46. The van der Waals surface area contributed by atoms with Crippen molar-refractivity contribution in [2.45, 2.75) is 0 Å². The fourth-order valence-corrected chi connectivity index (χ4v) is 1.92. The molecule has 1 aromatic carbocycles. The summed E-state index contributed by atoms with van der Waals surface area (Å²) < 4.78 is 10.5. The summed E-state index contributed by atoms with van der Waals surface area (Å²) in [6, 6.07) is 10.4. The van der Waals surface area contributed by atoms with E-state index in [9.17, 15) is 0 Å². The van der Waals surface area contributed by atoms with Crippen LogP contribution in [0, 0.1) is 0 Å². The van der Waals surface area contributed by atoms with Crippen molar-refractivity contribution in [3.63, 3.8) is 0 Å². The van der Waals surface area contributed by atoms with Crippen LogP contribution in [-0.2, 0) is 0 Å². The van der Waals surface area contributed by atoms with E-state index in [1.807, 2.05) is 0 Å². The van der Waals surface area contributed by atoms with E-state index in [-0.39, 0.29) is 10.6 Å². The molecular formula is C15H11Cl3N4O2. The molecule has 0 radical (unpaired) electrons. The van der Waals surface area contributed by atoms with Gasteiger partial charge in [-0.1, -0.05) is 11.6 Å². The van der Waals surface area contributed by atoms with Crippen LogP contribution in [0.5, 0.6) is 17.4 Å². The highest BCUT2D eigenvalue weighted by atomic mass is 35.5. The molecule has 0 bridgehead atoms. The standard InChI is InChI=1S/C11H9ClN2O2.C4H2Cl2N2/c1-15-8-2-4-9(5-3-8)16-10-6-7-13-11(12)14-10;5-3-1-2-7-4(6)8-3/h2-7H,1H3;1-2H. The summed E-state index contributed by atoms with van der Waals surface area (Å²) in [6.07, 6.45) is 3.03. The predicted molar refractivity (Wildman–Crippen MR) is 92.2 cm³/mol. The summed E-state index contributed by atoms with van der Waals surface area (Å²) in [5, 5.41) is 0.702. The molecule has 0 amide bonds. The molecule has 124 valence electrons. The first-order valence-electron chi connectivity index (χ1n) is 6.51. The smallest absolute Gasteiger partial charge is 0.225 e. The third-order valence-corrected chi connectivity index (χ3v) is 3.05. The zero-order chi connectivity index (χ0) is 17.4. The molecule has 2 heterocycles. The van der Waals surface area contributed by atoms with Crippen molar-refractivity contribution >= 4 is 34.8 Å². The Morgan fingerprint density at radius 3 is 1.83 bits per heavy atom. The number of nitrogens with zero attached hydrogens (tertiary/aromatic N) is 4. The van der Waals surface area contributed by atoms with Crippen LogP contribution in [0.15, 0.2) is 48.8 Å². The molecule has 0 saturated carbocycles. The molecule has 0 atom stereocenters. The molecule has 2 aromatic heterocycles. The second-order valence-corrected chi connectivity index (χ2v) is 5.15. The van der Waals surface area contributed by atoms with Crippen LogP contribution in [0.25, 0.3) is 0 Å². The van der Waals surface area contributed by atoms with Gasteiger partial charge in [0.05, 0.1) is 7.11 Å². The highest BCUT2D eigenvalue weighted by molar-refractivity contribution is 6.31. The monoisotopic (exact) mass is 384 g/mol. The van der Waals surface area contributed by atoms with Crippen LogP contribution in [0.1, 0.15) is 0 Å². The van der Waals surface area contributed by atoms with E-state index >= 15 is 0 Å². The van der Waals surface area contributed by atoms with Crippen molar-refractivity contribution in [3.8, 4) is 17.4 Å². The molecule has 0 spiro atoms. The maximum Gasteiger partial charge on any atom is 0.225 e. The summed E-state index contributed by atoms with van der Waals surface area (Å²) >= 11 is 16.4. The molecule has 9 heteroatoms. The Morgan fingerprint density at radius 2 is 1.33 bits per heavy atom. The van der Waals surface area contributed by atoms with Crippen molar-refractivity contribution in [1.29, 1.82) is 0 Å². The largest absolute Gasteiger partial charge is 0.497 e. The first-order chi connectivity index (χ1) is 11.6. The van der Waals surface area contributed by atoms with Crippen LogP contribution >= 0.6 is 34.8 Å². The van der Waals surface area contributed by atoms with Crippen molar-refractivity contribution in [2.75, 3.05) is 7.11 Å². The normalized spacial score (nSPS) is 9.67. The fraction of sp³-hybridized carbons (Fsp3) is 0.0667. The molecule has 6 nitrogen and oxygen atoms in total. The Labute approximate surface area is 153 Å². The molecule has 3 aromatic rings. The lowest BCUT2D eigenvalue weighted by atomic mass is 10.3. The lowest BCUT2D eigenvalue weighted by molar-refractivity contribution is 0.412. The van der Waals surface area contributed by atoms with E-state index in [1.165, 1.54) is 12.4 Å². The molecule has 0 aliphatic heterocycles. The van der Waals surface area contributed by atoms with Crippen LogP contribution in [0.2, 0.25) is 15.7 Å². The maximum absolute atomic E-state index is 5.64. The summed E-state index contributed by atoms with van der Waals surface area (Å²) in [5.41, 5.74) is 0. The van der Waals surface area contributed by atoms with Crippen molar-refractivity contribution in [1.82, 2.24) is 19.9 Å². The third-order valence-electron chi connectivity index (χ3n) is 2.47. The van der Waals surface area contributed by atoms with Crippen LogP contribution in [0.3, 0.4) is 0 Å². The SMILES string of the molecule is COc1ccc(Oc2ccnc(Cl)n2)cc1.Clc1ccnc(Cl)n1. The molecule has 0 saturated heterocycles. The molecule has 0 fully saturated rings. The number of hydrogen-bond donors (Lipinski definition) is 0. The topological polar surface area (TPSA) is 70.0 Å². The number of methoxy groups -OCH3 is 1. The summed E-state index contributed by atoms with van der Waals surface area (Å²) in [6.45, 7) is 0. The van der Waals surface area contributed by atoms with Gasteiger partial charge in [-0.2, -0.15) is 4.98 Å². The lowest BCUT2D eigenvalue weighted by Crippen LogP contribution is -1.89. The highest BCUT2D eigenvalue weighted by Gasteiger charge is 2.00. The van der Waals surface area contributed by atoms with Gasteiger partial charge in [-0.3, -0.25) is 0 Å². The van der Waals surface area contributed by atoms with Gasteiger partial charge in [-0.05, 0) is 53.5 Å². The molecule has 0 aliphatic carbocycles. The molecule has 0 N–H and O–H groups in total. The minimum atomic E-state index is 0.158. The number of rotatable bonds is 3. The Kier molecular flexibility index (Phi) is 6.99. The van der Waals surface area contributed by atoms with E-state index in [4.69, 9.17) is 44.3 Å².